The van der Waals surface area contributed by atoms with E-state index in [1.807, 2.05) is 12.1 Å². The van der Waals surface area contributed by atoms with Crippen molar-refractivity contribution in [2.75, 3.05) is 24.3 Å². The van der Waals surface area contributed by atoms with Gasteiger partial charge in [0, 0.05) is 25.0 Å². The van der Waals surface area contributed by atoms with Crippen LogP contribution in [-0.2, 0) is 4.74 Å². The molecule has 1 unspecified atom stereocenters. The predicted molar refractivity (Wildman–Crippen MR) is 62.8 cm³/mol. The fraction of sp³-hybridized carbons (Fsp3) is 0.500. The van der Waals surface area contributed by atoms with Crippen molar-refractivity contribution in [1.29, 1.82) is 0 Å². The summed E-state index contributed by atoms with van der Waals surface area (Å²) in [6.07, 6.45) is 3.83. The van der Waals surface area contributed by atoms with E-state index in [0.717, 1.165) is 18.7 Å². The minimum atomic E-state index is 0.224. The fourth-order valence-electron chi connectivity index (χ4n) is 2.11. The van der Waals surface area contributed by atoms with Crippen LogP contribution in [0.5, 0.6) is 0 Å². The highest BCUT2D eigenvalue weighted by atomic mass is 16.5. The monoisotopic (exact) mass is 206 g/mol. The minimum absolute atomic E-state index is 0.224. The van der Waals surface area contributed by atoms with E-state index < -0.39 is 0 Å². The van der Waals surface area contributed by atoms with Crippen molar-refractivity contribution in [2.45, 2.75) is 25.5 Å². The molecule has 2 N–H and O–H groups in total. The van der Waals surface area contributed by atoms with Crippen LogP contribution in [0, 0.1) is 0 Å². The van der Waals surface area contributed by atoms with Crippen molar-refractivity contribution in [2.24, 2.45) is 0 Å². The second-order valence-electron chi connectivity index (χ2n) is 3.97. The van der Waals surface area contributed by atoms with Gasteiger partial charge in [-0.1, -0.05) is 0 Å². The van der Waals surface area contributed by atoms with Crippen molar-refractivity contribution < 1.29 is 4.74 Å². The molecule has 2 rings (SSSR count). The lowest BCUT2D eigenvalue weighted by atomic mass is 10.1. The molecule has 0 bridgehead atoms. The molecular weight excluding hydrogens is 188 g/mol. The van der Waals surface area contributed by atoms with E-state index in [1.54, 1.807) is 7.11 Å². The third kappa shape index (κ3) is 2.23. The molecule has 15 heavy (non-hydrogen) atoms. The van der Waals surface area contributed by atoms with E-state index >= 15 is 0 Å². The van der Waals surface area contributed by atoms with Gasteiger partial charge in [-0.25, -0.2) is 0 Å². The summed E-state index contributed by atoms with van der Waals surface area (Å²) in [6, 6.07) is 8.01. The first-order valence-electron chi connectivity index (χ1n) is 5.46. The maximum Gasteiger partial charge on any atom is 0.129 e. The lowest BCUT2D eigenvalue weighted by molar-refractivity contribution is 0.0784. The van der Waals surface area contributed by atoms with Crippen LogP contribution in [0.2, 0.25) is 0 Å². The zero-order valence-electron chi connectivity index (χ0n) is 9.15. The van der Waals surface area contributed by atoms with E-state index in [0.29, 0.717) is 0 Å². The quantitative estimate of drug-likeness (QED) is 0.754. The molecule has 0 aliphatic carbocycles. The molecule has 1 fully saturated rings. The van der Waals surface area contributed by atoms with Crippen molar-refractivity contribution in [3.8, 4) is 0 Å². The predicted octanol–water partition coefficient (Wildman–Crippen LogP) is 2.23. The van der Waals surface area contributed by atoms with Gasteiger partial charge in [-0.05, 0) is 43.5 Å². The van der Waals surface area contributed by atoms with Crippen molar-refractivity contribution in [1.82, 2.24) is 0 Å². The van der Waals surface area contributed by atoms with Crippen molar-refractivity contribution >= 4 is 11.4 Å². The van der Waals surface area contributed by atoms with Crippen LogP contribution >= 0.6 is 0 Å². The Morgan fingerprint density at radius 2 is 2.00 bits per heavy atom. The van der Waals surface area contributed by atoms with Crippen LogP contribution in [0.3, 0.4) is 0 Å². The molecule has 0 aromatic heterocycles. The Morgan fingerprint density at radius 3 is 2.67 bits per heavy atom. The minimum Gasteiger partial charge on any atom is -0.399 e. The first-order chi connectivity index (χ1) is 7.31. The van der Waals surface area contributed by atoms with Crippen LogP contribution in [0.15, 0.2) is 24.3 Å². The third-order valence-electron chi connectivity index (χ3n) is 2.94. The smallest absolute Gasteiger partial charge is 0.129 e. The maximum absolute atomic E-state index is 5.67. The van der Waals surface area contributed by atoms with Gasteiger partial charge in [0.2, 0.25) is 0 Å². The van der Waals surface area contributed by atoms with Gasteiger partial charge in [0.05, 0.1) is 0 Å². The standard InChI is InChI=1S/C12H18N2O/c1-15-12-4-2-3-9-14(12)11-7-5-10(13)6-8-11/h5-8,12H,2-4,9,13H2,1H3. The Balaban J connectivity index is 2.16. The van der Waals surface area contributed by atoms with Crippen LogP contribution in [0.1, 0.15) is 19.3 Å². The Bertz CT molecular complexity index is 310. The largest absolute Gasteiger partial charge is 0.399 e. The van der Waals surface area contributed by atoms with E-state index in [-0.39, 0.29) is 6.23 Å². The van der Waals surface area contributed by atoms with Gasteiger partial charge in [-0.15, -0.1) is 0 Å². The Morgan fingerprint density at radius 1 is 1.27 bits per heavy atom. The third-order valence-corrected chi connectivity index (χ3v) is 2.94. The molecule has 82 valence electrons. The number of methoxy groups -OCH3 is 1. The second kappa shape index (κ2) is 4.53. The summed E-state index contributed by atoms with van der Waals surface area (Å²) < 4.78 is 5.48. The van der Waals surface area contributed by atoms with Crippen LogP contribution in [0.25, 0.3) is 0 Å². The van der Waals surface area contributed by atoms with Gasteiger partial charge in [-0.3, -0.25) is 0 Å². The summed E-state index contributed by atoms with van der Waals surface area (Å²) in [6.45, 7) is 1.07. The number of piperidine rings is 1. The number of anilines is 2. The molecule has 0 amide bonds. The number of nitrogen functional groups attached to an aromatic ring is 1. The summed E-state index contributed by atoms with van der Waals surface area (Å²) in [7, 11) is 1.78. The normalized spacial score (nSPS) is 21.7. The van der Waals surface area contributed by atoms with Gasteiger partial charge in [0.15, 0.2) is 0 Å². The number of nitrogens with two attached hydrogens (primary N) is 1. The molecule has 1 aliphatic rings. The number of benzene rings is 1. The van der Waals surface area contributed by atoms with E-state index in [4.69, 9.17) is 10.5 Å². The number of hydrogen-bond donors (Lipinski definition) is 1. The molecule has 1 aromatic rings. The first kappa shape index (κ1) is 10.3. The van der Waals surface area contributed by atoms with E-state index in [9.17, 15) is 0 Å². The van der Waals surface area contributed by atoms with E-state index in [2.05, 4.69) is 17.0 Å². The average molecular weight is 206 g/mol. The van der Waals surface area contributed by atoms with Gasteiger partial charge in [-0.2, -0.15) is 0 Å². The van der Waals surface area contributed by atoms with Crippen LogP contribution in [0.4, 0.5) is 11.4 Å². The lowest BCUT2D eigenvalue weighted by Gasteiger charge is -2.36. The fourth-order valence-corrected chi connectivity index (χ4v) is 2.11. The Hall–Kier alpha value is -1.22. The van der Waals surface area contributed by atoms with E-state index in [1.165, 1.54) is 18.5 Å². The molecule has 3 nitrogen and oxygen atoms in total. The SMILES string of the molecule is COC1CCCCN1c1ccc(N)cc1. The van der Waals surface area contributed by atoms with Gasteiger partial charge in [0.25, 0.3) is 0 Å². The molecule has 1 aromatic carbocycles. The number of ether oxygens (including phenoxy) is 1. The number of hydrogen-bond acceptors (Lipinski definition) is 3. The highest BCUT2D eigenvalue weighted by molar-refractivity contribution is 5.53. The highest BCUT2D eigenvalue weighted by Crippen LogP contribution is 2.25. The lowest BCUT2D eigenvalue weighted by Crippen LogP contribution is -2.40. The second-order valence-corrected chi connectivity index (χ2v) is 3.97. The topological polar surface area (TPSA) is 38.5 Å². The molecule has 0 spiro atoms. The highest BCUT2D eigenvalue weighted by Gasteiger charge is 2.21. The van der Waals surface area contributed by atoms with Gasteiger partial charge >= 0.3 is 0 Å². The average Bonchev–Trinajstić information content (AvgIpc) is 2.30. The summed E-state index contributed by atoms with van der Waals surface area (Å²) in [5.41, 5.74) is 7.69. The Kier molecular flexibility index (Phi) is 3.11. The summed E-state index contributed by atoms with van der Waals surface area (Å²) in [5, 5.41) is 0. The van der Waals surface area contributed by atoms with Crippen LogP contribution in [-0.4, -0.2) is 19.9 Å². The molecule has 0 saturated carbocycles. The zero-order chi connectivity index (χ0) is 10.7. The summed E-state index contributed by atoms with van der Waals surface area (Å²) in [4.78, 5) is 2.31. The molecule has 0 radical (unpaired) electrons. The molecule has 1 heterocycles. The van der Waals surface area contributed by atoms with Crippen LogP contribution < -0.4 is 10.6 Å². The number of nitrogens with zero attached hydrogens (tertiary/aromatic N) is 1. The van der Waals surface area contributed by atoms with Crippen molar-refractivity contribution in [3.63, 3.8) is 0 Å². The molecule has 1 saturated heterocycles. The first-order valence-corrected chi connectivity index (χ1v) is 5.46. The van der Waals surface area contributed by atoms with Gasteiger partial charge in [0.1, 0.15) is 6.23 Å². The van der Waals surface area contributed by atoms with Crippen molar-refractivity contribution in [3.05, 3.63) is 24.3 Å². The molecular formula is C12H18N2O. The molecule has 1 aliphatic heterocycles. The van der Waals surface area contributed by atoms with Gasteiger partial charge < -0.3 is 15.4 Å². The summed E-state index contributed by atoms with van der Waals surface area (Å²) in [5.74, 6) is 0. The zero-order valence-corrected chi connectivity index (χ0v) is 9.15. The maximum atomic E-state index is 5.67. The number of rotatable bonds is 2. The molecule has 1 atom stereocenters. The molecule has 3 heteroatoms. The summed E-state index contributed by atoms with van der Waals surface area (Å²) >= 11 is 0. The Labute approximate surface area is 90.8 Å².